The van der Waals surface area contributed by atoms with Gasteiger partial charge in [0.2, 0.25) is 12.3 Å². The van der Waals surface area contributed by atoms with Crippen molar-refractivity contribution in [1.29, 1.82) is 0 Å². The highest BCUT2D eigenvalue weighted by molar-refractivity contribution is 5.77. The van der Waals surface area contributed by atoms with Gasteiger partial charge in [0.1, 0.15) is 0 Å². The van der Waals surface area contributed by atoms with Crippen molar-refractivity contribution >= 4 is 12.3 Å². The van der Waals surface area contributed by atoms with Gasteiger partial charge in [0, 0.05) is 32.7 Å². The number of nitrogens with zero attached hydrogens (tertiary/aromatic N) is 2. The summed E-state index contributed by atoms with van der Waals surface area (Å²) in [6, 6.07) is 0. The molecule has 1 N–H and O–H groups in total. The fourth-order valence-electron chi connectivity index (χ4n) is 1.55. The van der Waals surface area contributed by atoms with Gasteiger partial charge in [-0.1, -0.05) is 6.92 Å². The van der Waals surface area contributed by atoms with Crippen LogP contribution in [-0.4, -0.2) is 61.4 Å². The molecule has 2 amide bonds. The van der Waals surface area contributed by atoms with Gasteiger partial charge in [-0.25, -0.2) is 0 Å². The van der Waals surface area contributed by atoms with Crippen molar-refractivity contribution in [2.24, 2.45) is 0 Å². The first-order chi connectivity index (χ1) is 7.26. The smallest absolute Gasteiger partial charge is 0.234 e. The summed E-state index contributed by atoms with van der Waals surface area (Å²) in [6.45, 7) is 6.26. The quantitative estimate of drug-likeness (QED) is 0.614. The van der Waals surface area contributed by atoms with Gasteiger partial charge in [-0.05, 0) is 6.42 Å². The van der Waals surface area contributed by atoms with E-state index in [0.29, 0.717) is 6.54 Å². The molecule has 0 bridgehead atoms. The maximum atomic E-state index is 11.4. The molecule has 1 saturated heterocycles. The Morgan fingerprint density at radius 3 is 2.53 bits per heavy atom. The molecule has 0 unspecified atom stereocenters. The number of carbonyl (C=O) groups is 2. The van der Waals surface area contributed by atoms with Crippen LogP contribution in [-0.2, 0) is 9.59 Å². The summed E-state index contributed by atoms with van der Waals surface area (Å²) in [4.78, 5) is 25.7. The van der Waals surface area contributed by atoms with Crippen molar-refractivity contribution in [3.05, 3.63) is 0 Å². The second-order valence-corrected chi connectivity index (χ2v) is 3.77. The van der Waals surface area contributed by atoms with Crippen LogP contribution < -0.4 is 5.32 Å². The van der Waals surface area contributed by atoms with Crippen LogP contribution in [0.25, 0.3) is 0 Å². The lowest BCUT2D eigenvalue weighted by molar-refractivity contribution is -0.123. The van der Waals surface area contributed by atoms with E-state index in [0.717, 1.165) is 45.6 Å². The maximum absolute atomic E-state index is 11.4. The predicted molar refractivity (Wildman–Crippen MR) is 57.4 cm³/mol. The minimum absolute atomic E-state index is 0.0800. The fourth-order valence-corrected chi connectivity index (χ4v) is 1.55. The monoisotopic (exact) mass is 213 g/mol. The molecule has 5 nitrogen and oxygen atoms in total. The summed E-state index contributed by atoms with van der Waals surface area (Å²) >= 11 is 0. The van der Waals surface area contributed by atoms with Crippen LogP contribution >= 0.6 is 0 Å². The van der Waals surface area contributed by atoms with Crippen molar-refractivity contribution in [2.45, 2.75) is 13.3 Å². The number of rotatable bonds is 5. The van der Waals surface area contributed by atoms with Gasteiger partial charge in [0.15, 0.2) is 0 Å². The molecule has 0 aromatic heterocycles. The molecule has 1 aliphatic rings. The molecule has 1 aliphatic heterocycles. The van der Waals surface area contributed by atoms with Crippen LogP contribution in [0.3, 0.4) is 0 Å². The van der Waals surface area contributed by atoms with E-state index < -0.39 is 0 Å². The van der Waals surface area contributed by atoms with E-state index in [9.17, 15) is 9.59 Å². The zero-order valence-electron chi connectivity index (χ0n) is 9.24. The van der Waals surface area contributed by atoms with E-state index in [2.05, 4.69) is 10.2 Å². The predicted octanol–water partition coefficient (Wildman–Crippen LogP) is -0.713. The van der Waals surface area contributed by atoms with Crippen LogP contribution in [0.5, 0.6) is 0 Å². The number of carbonyl (C=O) groups excluding carboxylic acids is 2. The molecule has 0 radical (unpaired) electrons. The van der Waals surface area contributed by atoms with Crippen LogP contribution in [0, 0.1) is 0 Å². The molecule has 0 aliphatic carbocycles. The topological polar surface area (TPSA) is 52.7 Å². The summed E-state index contributed by atoms with van der Waals surface area (Å²) in [5, 5.41) is 2.84. The van der Waals surface area contributed by atoms with Gasteiger partial charge in [-0.2, -0.15) is 0 Å². The molecular weight excluding hydrogens is 194 g/mol. The van der Waals surface area contributed by atoms with Crippen LogP contribution in [0.15, 0.2) is 0 Å². The van der Waals surface area contributed by atoms with Crippen LogP contribution in [0.4, 0.5) is 0 Å². The molecule has 5 heteroatoms. The molecule has 0 aromatic rings. The van der Waals surface area contributed by atoms with Gasteiger partial charge < -0.3 is 10.2 Å². The number of piperazine rings is 1. The van der Waals surface area contributed by atoms with E-state index in [1.165, 1.54) is 0 Å². The summed E-state index contributed by atoms with van der Waals surface area (Å²) in [5.41, 5.74) is 0. The lowest BCUT2D eigenvalue weighted by Crippen LogP contribution is -2.49. The van der Waals surface area contributed by atoms with Crippen LogP contribution in [0.2, 0.25) is 0 Å². The highest BCUT2D eigenvalue weighted by Crippen LogP contribution is 1.98. The fraction of sp³-hybridized carbons (Fsp3) is 0.800. The van der Waals surface area contributed by atoms with Gasteiger partial charge in [-0.15, -0.1) is 0 Å². The maximum Gasteiger partial charge on any atom is 0.234 e. The largest absolute Gasteiger partial charge is 0.355 e. The minimum atomic E-state index is 0.0800. The Kier molecular flexibility index (Phi) is 5.10. The number of nitrogens with one attached hydrogen (secondary N) is 1. The Hall–Kier alpha value is -1.10. The van der Waals surface area contributed by atoms with Crippen molar-refractivity contribution in [1.82, 2.24) is 15.1 Å². The van der Waals surface area contributed by atoms with Crippen molar-refractivity contribution in [3.63, 3.8) is 0 Å². The third-order valence-corrected chi connectivity index (χ3v) is 2.50. The highest BCUT2D eigenvalue weighted by atomic mass is 16.2. The second-order valence-electron chi connectivity index (χ2n) is 3.77. The molecule has 0 aromatic carbocycles. The first-order valence-electron chi connectivity index (χ1n) is 5.44. The normalized spacial score (nSPS) is 17.5. The third kappa shape index (κ3) is 4.29. The number of hydrogen-bond acceptors (Lipinski definition) is 3. The number of amides is 2. The molecule has 15 heavy (non-hydrogen) atoms. The van der Waals surface area contributed by atoms with Gasteiger partial charge >= 0.3 is 0 Å². The standard InChI is InChI=1S/C10H19N3O2/c1-2-3-11-10(15)8-12-4-6-13(9-14)7-5-12/h9H,2-8H2,1H3,(H,11,15). The number of hydrogen-bond donors (Lipinski definition) is 1. The lowest BCUT2D eigenvalue weighted by atomic mass is 10.3. The Balaban J connectivity index is 2.17. The van der Waals surface area contributed by atoms with E-state index in [1.54, 1.807) is 4.90 Å². The van der Waals surface area contributed by atoms with Crippen LogP contribution in [0.1, 0.15) is 13.3 Å². The summed E-state index contributed by atoms with van der Waals surface area (Å²) in [7, 11) is 0. The Bertz CT molecular complexity index is 213. The average molecular weight is 213 g/mol. The van der Waals surface area contributed by atoms with Crippen molar-refractivity contribution in [2.75, 3.05) is 39.3 Å². The van der Waals surface area contributed by atoms with E-state index in [-0.39, 0.29) is 5.91 Å². The Morgan fingerprint density at radius 1 is 1.33 bits per heavy atom. The molecular formula is C10H19N3O2. The lowest BCUT2D eigenvalue weighted by Gasteiger charge is -2.31. The Labute approximate surface area is 90.4 Å². The third-order valence-electron chi connectivity index (χ3n) is 2.50. The minimum Gasteiger partial charge on any atom is -0.355 e. The molecule has 1 fully saturated rings. The van der Waals surface area contributed by atoms with E-state index in [4.69, 9.17) is 0 Å². The van der Waals surface area contributed by atoms with Gasteiger partial charge in [-0.3, -0.25) is 14.5 Å². The summed E-state index contributed by atoms with van der Waals surface area (Å²) < 4.78 is 0. The second kappa shape index (κ2) is 6.40. The average Bonchev–Trinajstić information content (AvgIpc) is 2.27. The molecule has 0 atom stereocenters. The molecule has 1 rings (SSSR count). The summed E-state index contributed by atoms with van der Waals surface area (Å²) in [5.74, 6) is 0.0800. The molecule has 0 spiro atoms. The highest BCUT2D eigenvalue weighted by Gasteiger charge is 2.17. The Morgan fingerprint density at radius 2 is 2.00 bits per heavy atom. The van der Waals surface area contributed by atoms with Gasteiger partial charge in [0.05, 0.1) is 6.54 Å². The molecule has 1 heterocycles. The SMILES string of the molecule is CCCNC(=O)CN1CCN(C=O)CC1. The first-order valence-corrected chi connectivity index (χ1v) is 5.44. The van der Waals surface area contributed by atoms with Crippen molar-refractivity contribution < 1.29 is 9.59 Å². The first kappa shape index (κ1) is 12.0. The van der Waals surface area contributed by atoms with Crippen molar-refractivity contribution in [3.8, 4) is 0 Å². The zero-order chi connectivity index (χ0) is 11.1. The van der Waals surface area contributed by atoms with Gasteiger partial charge in [0.25, 0.3) is 0 Å². The zero-order valence-corrected chi connectivity index (χ0v) is 9.24. The molecule has 86 valence electrons. The van der Waals surface area contributed by atoms with E-state index in [1.807, 2.05) is 6.92 Å². The van der Waals surface area contributed by atoms with E-state index >= 15 is 0 Å². The molecule has 0 saturated carbocycles. The summed E-state index contributed by atoms with van der Waals surface area (Å²) in [6.07, 6.45) is 1.83.